The molecule has 0 bridgehead atoms. The van der Waals surface area contributed by atoms with Gasteiger partial charge in [0.2, 0.25) is 0 Å². The Morgan fingerprint density at radius 1 is 1.08 bits per heavy atom. The number of fused-ring (bicyclic) bond motifs is 1. The van der Waals surface area contributed by atoms with Crippen LogP contribution in [0.5, 0.6) is 11.5 Å². The lowest BCUT2D eigenvalue weighted by Crippen LogP contribution is -2.25. The first-order valence-corrected chi connectivity index (χ1v) is 14.0. The molecule has 5 rings (SSSR count). The summed E-state index contributed by atoms with van der Waals surface area (Å²) in [6.45, 7) is 2.58. The molecule has 1 aliphatic carbocycles. The molecule has 1 aliphatic rings. The minimum atomic E-state index is -0.172. The van der Waals surface area contributed by atoms with Crippen LogP contribution < -0.4 is 15.0 Å². The fourth-order valence-corrected chi connectivity index (χ4v) is 5.36. The van der Waals surface area contributed by atoms with E-state index in [1.165, 1.54) is 11.1 Å². The predicted molar refractivity (Wildman–Crippen MR) is 156 cm³/mol. The van der Waals surface area contributed by atoms with Crippen LogP contribution >= 0.6 is 15.9 Å². The number of nitriles is 1. The second kappa shape index (κ2) is 12.3. The zero-order valence-corrected chi connectivity index (χ0v) is 23.4. The van der Waals surface area contributed by atoms with Crippen LogP contribution in [-0.4, -0.2) is 22.5 Å². The molecule has 7 nitrogen and oxygen atoms in total. The van der Waals surface area contributed by atoms with Gasteiger partial charge in [-0.25, -0.2) is 4.98 Å². The number of aromatic nitrogens is 2. The molecule has 1 heterocycles. The topological polar surface area (TPSA) is 89.5 Å². The van der Waals surface area contributed by atoms with Gasteiger partial charge in [0.25, 0.3) is 5.56 Å². The summed E-state index contributed by atoms with van der Waals surface area (Å²) < 4.78 is 14.1. The summed E-state index contributed by atoms with van der Waals surface area (Å²) in [7, 11) is 0. The molecule has 39 heavy (non-hydrogen) atoms. The predicted octanol–water partition coefficient (Wildman–Crippen LogP) is 6.94. The van der Waals surface area contributed by atoms with Gasteiger partial charge >= 0.3 is 0 Å². The van der Waals surface area contributed by atoms with E-state index in [0.717, 1.165) is 41.3 Å². The van der Waals surface area contributed by atoms with Crippen LogP contribution in [0, 0.1) is 11.3 Å². The Kier molecular flexibility index (Phi) is 8.38. The second-order valence-corrected chi connectivity index (χ2v) is 10.3. The Bertz CT molecular complexity index is 1620. The summed E-state index contributed by atoms with van der Waals surface area (Å²) in [5.41, 5.74) is 2.63. The van der Waals surface area contributed by atoms with Crippen molar-refractivity contribution in [1.82, 2.24) is 9.66 Å². The zero-order chi connectivity index (χ0) is 27.2. The molecule has 4 aromatic rings. The van der Waals surface area contributed by atoms with Crippen molar-refractivity contribution in [3.05, 3.63) is 98.0 Å². The monoisotopic (exact) mass is 584 g/mol. The van der Waals surface area contributed by atoms with Crippen molar-refractivity contribution in [2.45, 2.75) is 51.6 Å². The van der Waals surface area contributed by atoms with E-state index in [1.54, 1.807) is 18.3 Å². The smallest absolute Gasteiger partial charge is 0.282 e. The van der Waals surface area contributed by atoms with E-state index in [0.29, 0.717) is 40.4 Å². The molecular formula is C31H29BrN4O3. The minimum Gasteiger partial charge on any atom is -0.490 e. The summed E-state index contributed by atoms with van der Waals surface area (Å²) in [6.07, 6.45) is 7.12. The largest absolute Gasteiger partial charge is 0.490 e. The average molecular weight is 586 g/mol. The van der Waals surface area contributed by atoms with E-state index in [2.05, 4.69) is 27.1 Å². The van der Waals surface area contributed by atoms with Crippen molar-refractivity contribution < 1.29 is 9.47 Å². The summed E-state index contributed by atoms with van der Waals surface area (Å²) in [5.74, 6) is 2.00. The van der Waals surface area contributed by atoms with Crippen molar-refractivity contribution in [1.29, 1.82) is 5.26 Å². The van der Waals surface area contributed by atoms with Crippen LogP contribution in [-0.2, 0) is 6.61 Å². The third-order valence-corrected chi connectivity index (χ3v) is 7.63. The van der Waals surface area contributed by atoms with Crippen LogP contribution in [0.15, 0.2) is 75.0 Å². The molecule has 0 unspecified atom stereocenters. The molecule has 0 saturated heterocycles. The summed E-state index contributed by atoms with van der Waals surface area (Å²) in [6, 6.07) is 20.6. The highest BCUT2D eigenvalue weighted by atomic mass is 79.9. The van der Waals surface area contributed by atoms with Gasteiger partial charge < -0.3 is 9.47 Å². The number of para-hydroxylation sites is 1. The van der Waals surface area contributed by atoms with Crippen molar-refractivity contribution in [3.63, 3.8) is 0 Å². The van der Waals surface area contributed by atoms with Crippen LogP contribution in [0.4, 0.5) is 0 Å². The molecule has 198 valence electrons. The first-order valence-electron chi connectivity index (χ1n) is 13.2. The molecule has 1 aromatic heterocycles. The number of halogens is 1. The molecular weight excluding hydrogens is 556 g/mol. The van der Waals surface area contributed by atoms with Gasteiger partial charge in [-0.3, -0.25) is 4.79 Å². The highest BCUT2D eigenvalue weighted by molar-refractivity contribution is 9.10. The number of ether oxygens (including phenoxy) is 2. The molecule has 3 aromatic carbocycles. The maximum Gasteiger partial charge on any atom is 0.282 e. The van der Waals surface area contributed by atoms with Gasteiger partial charge in [0.05, 0.1) is 35.4 Å². The average Bonchev–Trinajstić information content (AvgIpc) is 2.97. The number of benzene rings is 3. The Morgan fingerprint density at radius 3 is 2.62 bits per heavy atom. The third kappa shape index (κ3) is 5.89. The number of hydrogen-bond donors (Lipinski definition) is 0. The Balaban J connectivity index is 1.50. The van der Waals surface area contributed by atoms with E-state index >= 15 is 0 Å². The van der Waals surface area contributed by atoms with Gasteiger partial charge in [-0.2, -0.15) is 15.0 Å². The lowest BCUT2D eigenvalue weighted by molar-refractivity contribution is 0.269. The lowest BCUT2D eigenvalue weighted by Gasteiger charge is -2.22. The van der Waals surface area contributed by atoms with Crippen LogP contribution in [0.2, 0.25) is 0 Å². The van der Waals surface area contributed by atoms with E-state index < -0.39 is 0 Å². The van der Waals surface area contributed by atoms with Crippen molar-refractivity contribution in [2.24, 2.45) is 5.10 Å². The third-order valence-electron chi connectivity index (χ3n) is 6.95. The van der Waals surface area contributed by atoms with Gasteiger partial charge in [0.15, 0.2) is 11.5 Å². The normalized spacial score (nSPS) is 14.0. The molecule has 0 aliphatic heterocycles. The maximum atomic E-state index is 13.5. The van der Waals surface area contributed by atoms with Crippen molar-refractivity contribution in [2.75, 3.05) is 6.61 Å². The fraction of sp³-hybridized carbons (Fsp3) is 0.290. The summed E-state index contributed by atoms with van der Waals surface area (Å²) >= 11 is 3.63. The maximum absolute atomic E-state index is 13.5. The Morgan fingerprint density at radius 2 is 1.82 bits per heavy atom. The molecule has 0 radical (unpaired) electrons. The number of hydrogen-bond acceptors (Lipinski definition) is 6. The van der Waals surface area contributed by atoms with E-state index in [9.17, 15) is 10.1 Å². The van der Waals surface area contributed by atoms with E-state index in [1.807, 2.05) is 55.5 Å². The molecule has 8 heteroatoms. The SMILES string of the molecule is CCOc1cc(C=Nn2c(C3CCCCC3)nc3ccccc3c2=O)c(Br)cc1OCc1ccccc1C#N. The van der Waals surface area contributed by atoms with Gasteiger partial charge in [0.1, 0.15) is 12.4 Å². The van der Waals surface area contributed by atoms with Crippen molar-refractivity contribution in [3.8, 4) is 17.6 Å². The molecule has 0 N–H and O–H groups in total. The van der Waals surface area contributed by atoms with Crippen LogP contribution in [0.25, 0.3) is 10.9 Å². The minimum absolute atomic E-state index is 0.172. The van der Waals surface area contributed by atoms with Gasteiger partial charge in [0, 0.05) is 21.5 Å². The highest BCUT2D eigenvalue weighted by Crippen LogP contribution is 2.35. The first kappa shape index (κ1) is 26.6. The van der Waals surface area contributed by atoms with E-state index in [-0.39, 0.29) is 18.1 Å². The van der Waals surface area contributed by atoms with Crippen molar-refractivity contribution >= 4 is 33.0 Å². The molecule has 1 fully saturated rings. The second-order valence-electron chi connectivity index (χ2n) is 9.49. The number of nitrogens with zero attached hydrogens (tertiary/aromatic N) is 4. The number of rotatable bonds is 8. The molecule has 1 saturated carbocycles. The van der Waals surface area contributed by atoms with Gasteiger partial charge in [-0.05, 0) is 66.0 Å². The summed E-state index contributed by atoms with van der Waals surface area (Å²) in [5, 5.41) is 14.6. The highest BCUT2D eigenvalue weighted by Gasteiger charge is 2.22. The standard InChI is InChI=1S/C31H29BrN4O3/c1-2-38-28-16-24(26(32)17-29(28)39-20-23-13-7-6-12-22(23)18-33)19-34-36-30(21-10-4-3-5-11-21)35-27-15-9-8-14-25(27)31(36)37/h6-9,12-17,19,21H,2-5,10-11,20H2,1H3. The Hall–Kier alpha value is -3.96. The lowest BCUT2D eigenvalue weighted by atomic mass is 9.88. The molecule has 0 spiro atoms. The fourth-order valence-electron chi connectivity index (χ4n) is 4.94. The van der Waals surface area contributed by atoms with Gasteiger partial charge in [-0.1, -0.05) is 49.6 Å². The van der Waals surface area contributed by atoms with E-state index in [4.69, 9.17) is 14.5 Å². The first-order chi connectivity index (χ1) is 19.1. The zero-order valence-electron chi connectivity index (χ0n) is 21.8. The van der Waals surface area contributed by atoms with Crippen LogP contribution in [0.1, 0.15) is 67.5 Å². The van der Waals surface area contributed by atoms with Crippen LogP contribution in [0.3, 0.4) is 0 Å². The van der Waals surface area contributed by atoms with Gasteiger partial charge in [-0.15, -0.1) is 0 Å². The quantitative estimate of drug-likeness (QED) is 0.209. The molecule has 0 atom stereocenters. The summed E-state index contributed by atoms with van der Waals surface area (Å²) in [4.78, 5) is 18.4. The molecule has 0 amide bonds. The Labute approximate surface area is 235 Å².